The summed E-state index contributed by atoms with van der Waals surface area (Å²) < 4.78 is 53.7. The molecule has 1 aromatic heterocycles. The second-order valence-corrected chi connectivity index (χ2v) is 6.36. The van der Waals surface area contributed by atoms with Crippen molar-refractivity contribution in [1.29, 1.82) is 0 Å². The topological polar surface area (TPSA) is 49.2 Å². The lowest BCUT2D eigenvalue weighted by Crippen LogP contribution is -2.19. The van der Waals surface area contributed by atoms with Gasteiger partial charge in [-0.1, -0.05) is 23.6 Å². The van der Waals surface area contributed by atoms with E-state index in [9.17, 15) is 13.2 Å². The molecule has 1 heterocycles. The third kappa shape index (κ3) is 5.50. The van der Waals surface area contributed by atoms with Gasteiger partial charge >= 0.3 is 6.18 Å². The average Bonchev–Trinajstić information content (AvgIpc) is 3.19. The van der Waals surface area contributed by atoms with Crippen LogP contribution in [0.1, 0.15) is 17.2 Å². The van der Waals surface area contributed by atoms with Crippen LogP contribution in [0.2, 0.25) is 5.02 Å². The van der Waals surface area contributed by atoms with Gasteiger partial charge in [0.2, 0.25) is 0 Å². The quantitative estimate of drug-likeness (QED) is 0.496. The molecule has 9 heteroatoms. The monoisotopic (exact) mass is 421 g/mol. The van der Waals surface area contributed by atoms with Crippen LogP contribution in [0, 0.1) is 12.3 Å². The molecule has 2 aromatic carbocycles. The van der Waals surface area contributed by atoms with E-state index in [0.717, 1.165) is 6.07 Å². The fourth-order valence-electron chi connectivity index (χ4n) is 2.65. The number of aromatic nitrogens is 3. The number of halogens is 4. The summed E-state index contributed by atoms with van der Waals surface area (Å²) in [4.78, 5) is 3.79. The fraction of sp³-hybridized carbons (Fsp3) is 0.200. The first-order chi connectivity index (χ1) is 13.9. The largest absolute Gasteiger partial charge is 0.457 e. The number of nitrogens with zero attached hydrogens (tertiary/aromatic N) is 3. The van der Waals surface area contributed by atoms with E-state index in [0.29, 0.717) is 10.8 Å². The standard InChI is InChI=1S/C20H15ClF3N3O2/c1-2-9-28-19(11-27-13-25-12-26-27)17-8-7-16(10-18(17)20(22,23)24)29-15-5-3-14(21)4-6-15/h1,3-8,10,12-13,19H,9,11H2. The molecule has 1 unspecified atom stereocenters. The van der Waals surface area contributed by atoms with Crippen molar-refractivity contribution < 1.29 is 22.6 Å². The number of hydrogen-bond donors (Lipinski definition) is 0. The molecule has 3 rings (SSSR count). The molecule has 0 aliphatic carbocycles. The SMILES string of the molecule is C#CCOC(Cn1cncn1)c1ccc(Oc2ccc(Cl)cc2)cc1C(F)(F)F. The summed E-state index contributed by atoms with van der Waals surface area (Å²) in [5.74, 6) is 2.66. The molecule has 0 fully saturated rings. The minimum Gasteiger partial charge on any atom is -0.457 e. The van der Waals surface area contributed by atoms with E-state index in [-0.39, 0.29) is 24.5 Å². The first-order valence-electron chi connectivity index (χ1n) is 8.39. The van der Waals surface area contributed by atoms with Gasteiger partial charge < -0.3 is 9.47 Å². The zero-order valence-electron chi connectivity index (χ0n) is 14.9. The Bertz CT molecular complexity index is 984. The van der Waals surface area contributed by atoms with Crippen molar-refractivity contribution in [2.45, 2.75) is 18.8 Å². The van der Waals surface area contributed by atoms with E-state index in [1.807, 2.05) is 0 Å². The molecular weight excluding hydrogens is 407 g/mol. The number of terminal acetylenes is 1. The van der Waals surface area contributed by atoms with E-state index in [1.54, 1.807) is 24.3 Å². The van der Waals surface area contributed by atoms with Crippen molar-refractivity contribution in [2.75, 3.05) is 6.61 Å². The van der Waals surface area contributed by atoms with E-state index in [4.69, 9.17) is 27.5 Å². The Morgan fingerprint density at radius 1 is 1.14 bits per heavy atom. The van der Waals surface area contributed by atoms with Gasteiger partial charge in [-0.25, -0.2) is 4.98 Å². The maximum atomic E-state index is 13.8. The van der Waals surface area contributed by atoms with E-state index in [2.05, 4.69) is 16.0 Å². The molecule has 29 heavy (non-hydrogen) atoms. The number of benzene rings is 2. The van der Waals surface area contributed by atoms with Crippen LogP contribution in [0.4, 0.5) is 13.2 Å². The van der Waals surface area contributed by atoms with Gasteiger partial charge in [-0.05, 0) is 42.0 Å². The summed E-state index contributed by atoms with van der Waals surface area (Å²) in [6, 6.07) is 9.96. The summed E-state index contributed by atoms with van der Waals surface area (Å²) in [6.45, 7) is -0.137. The Morgan fingerprint density at radius 3 is 2.48 bits per heavy atom. The molecule has 0 spiro atoms. The van der Waals surface area contributed by atoms with Gasteiger partial charge in [-0.2, -0.15) is 18.3 Å². The Morgan fingerprint density at radius 2 is 1.86 bits per heavy atom. The van der Waals surface area contributed by atoms with Crippen molar-refractivity contribution in [2.24, 2.45) is 0 Å². The van der Waals surface area contributed by atoms with E-state index in [1.165, 1.54) is 29.5 Å². The third-order valence-corrected chi connectivity index (χ3v) is 4.17. The van der Waals surface area contributed by atoms with Crippen LogP contribution < -0.4 is 4.74 Å². The van der Waals surface area contributed by atoms with Crippen LogP contribution in [0.25, 0.3) is 0 Å². The van der Waals surface area contributed by atoms with Gasteiger partial charge in [0.15, 0.2) is 0 Å². The smallest absolute Gasteiger partial charge is 0.416 e. The maximum Gasteiger partial charge on any atom is 0.416 e. The third-order valence-electron chi connectivity index (χ3n) is 3.91. The van der Waals surface area contributed by atoms with Crippen molar-refractivity contribution >= 4 is 11.6 Å². The second-order valence-electron chi connectivity index (χ2n) is 5.92. The summed E-state index contributed by atoms with van der Waals surface area (Å²) >= 11 is 5.81. The Hall–Kier alpha value is -3.02. The average molecular weight is 422 g/mol. The molecule has 0 radical (unpaired) electrons. The van der Waals surface area contributed by atoms with Crippen LogP contribution in [-0.4, -0.2) is 21.4 Å². The van der Waals surface area contributed by atoms with Crippen LogP contribution in [0.5, 0.6) is 11.5 Å². The van der Waals surface area contributed by atoms with Crippen LogP contribution in [0.15, 0.2) is 55.1 Å². The Labute approximate surface area is 170 Å². The van der Waals surface area contributed by atoms with Crippen molar-refractivity contribution in [3.63, 3.8) is 0 Å². The summed E-state index contributed by atoms with van der Waals surface area (Å²) in [5, 5.41) is 4.41. The molecule has 0 saturated heterocycles. The fourth-order valence-corrected chi connectivity index (χ4v) is 2.78. The lowest BCUT2D eigenvalue weighted by molar-refractivity contribution is -0.139. The van der Waals surface area contributed by atoms with Gasteiger partial charge in [0.1, 0.15) is 36.9 Å². The molecular formula is C20H15ClF3N3O2. The van der Waals surface area contributed by atoms with Crippen LogP contribution in [0.3, 0.4) is 0 Å². The molecule has 0 aliphatic rings. The van der Waals surface area contributed by atoms with Gasteiger partial charge in [0, 0.05) is 5.02 Å². The highest BCUT2D eigenvalue weighted by atomic mass is 35.5. The van der Waals surface area contributed by atoms with Gasteiger partial charge in [-0.3, -0.25) is 4.68 Å². The van der Waals surface area contributed by atoms with Crippen molar-refractivity contribution in [3.8, 4) is 23.8 Å². The highest BCUT2D eigenvalue weighted by Gasteiger charge is 2.36. The molecule has 0 N–H and O–H groups in total. The minimum absolute atomic E-state index is 0.0160. The predicted molar refractivity (Wildman–Crippen MR) is 101 cm³/mol. The molecule has 0 saturated carbocycles. The Kier molecular flexibility index (Phi) is 6.42. The van der Waals surface area contributed by atoms with Crippen LogP contribution >= 0.6 is 11.6 Å². The van der Waals surface area contributed by atoms with E-state index < -0.39 is 17.8 Å². The van der Waals surface area contributed by atoms with Crippen LogP contribution in [-0.2, 0) is 17.5 Å². The predicted octanol–water partition coefficient (Wildman–Crippen LogP) is 5.13. The lowest BCUT2D eigenvalue weighted by Gasteiger charge is -2.22. The number of rotatable bonds is 7. The molecule has 0 bridgehead atoms. The number of hydrogen-bond acceptors (Lipinski definition) is 4. The first kappa shape index (κ1) is 20.7. The zero-order chi connectivity index (χ0) is 20.9. The lowest BCUT2D eigenvalue weighted by atomic mass is 10.0. The Balaban J connectivity index is 1.95. The summed E-state index contributed by atoms with van der Waals surface area (Å²) in [5.41, 5.74) is -0.960. The maximum absolute atomic E-state index is 13.8. The second kappa shape index (κ2) is 8.99. The van der Waals surface area contributed by atoms with Gasteiger partial charge in [0.25, 0.3) is 0 Å². The first-order valence-corrected chi connectivity index (χ1v) is 8.76. The minimum atomic E-state index is -4.63. The molecule has 5 nitrogen and oxygen atoms in total. The van der Waals surface area contributed by atoms with E-state index >= 15 is 0 Å². The van der Waals surface area contributed by atoms with Gasteiger partial charge in [0.05, 0.1) is 12.1 Å². The summed E-state index contributed by atoms with van der Waals surface area (Å²) in [7, 11) is 0. The molecule has 150 valence electrons. The summed E-state index contributed by atoms with van der Waals surface area (Å²) in [6.07, 6.45) is 2.27. The van der Waals surface area contributed by atoms with Crippen molar-refractivity contribution in [3.05, 3.63) is 71.3 Å². The zero-order valence-corrected chi connectivity index (χ0v) is 15.7. The normalized spacial score (nSPS) is 12.4. The van der Waals surface area contributed by atoms with Gasteiger partial charge in [-0.15, -0.1) is 6.42 Å². The molecule has 3 aromatic rings. The highest BCUT2D eigenvalue weighted by Crippen LogP contribution is 2.39. The highest BCUT2D eigenvalue weighted by molar-refractivity contribution is 6.30. The number of alkyl halides is 3. The van der Waals surface area contributed by atoms with Crippen molar-refractivity contribution in [1.82, 2.24) is 14.8 Å². The number of ether oxygens (including phenoxy) is 2. The molecule has 1 atom stereocenters. The molecule has 0 amide bonds. The molecule has 0 aliphatic heterocycles.